The maximum absolute atomic E-state index is 4.89. The normalized spacial score (nSPS) is 11.1. The molecule has 0 bridgehead atoms. The molecule has 0 saturated carbocycles. The van der Waals surface area contributed by atoms with Crippen LogP contribution in [-0.2, 0) is 12.8 Å². The van der Waals surface area contributed by atoms with E-state index in [0.717, 1.165) is 58.0 Å². The van der Waals surface area contributed by atoms with E-state index < -0.39 is 0 Å². The van der Waals surface area contributed by atoms with E-state index in [4.69, 9.17) is 8.75 Å². The Bertz CT molecular complexity index is 1600. The molecule has 0 amide bonds. The van der Waals surface area contributed by atoms with E-state index in [2.05, 4.69) is 145 Å². The van der Waals surface area contributed by atoms with Gasteiger partial charge in [0.05, 0.1) is 23.1 Å². The van der Waals surface area contributed by atoms with Crippen molar-refractivity contribution in [2.75, 3.05) is 9.80 Å². The number of rotatable bonds is 12. The van der Waals surface area contributed by atoms with Crippen molar-refractivity contribution in [1.82, 2.24) is 8.75 Å². The zero-order valence-electron chi connectivity index (χ0n) is 25.0. The van der Waals surface area contributed by atoms with E-state index in [-0.39, 0.29) is 0 Å². The number of hydrogen-bond donors (Lipinski definition) is 0. The van der Waals surface area contributed by atoms with Crippen LogP contribution in [0.3, 0.4) is 0 Å². The highest BCUT2D eigenvalue weighted by Crippen LogP contribution is 2.44. The van der Waals surface area contributed by atoms with Crippen molar-refractivity contribution in [2.24, 2.45) is 0 Å². The van der Waals surface area contributed by atoms with Gasteiger partial charge in [-0.1, -0.05) is 87.4 Å². The lowest BCUT2D eigenvalue weighted by molar-refractivity contribution is 0.795. The number of hydrogen-bond acceptors (Lipinski definition) is 5. The van der Waals surface area contributed by atoms with Crippen LogP contribution in [0.15, 0.2) is 121 Å². The van der Waals surface area contributed by atoms with Gasteiger partial charge in [0.2, 0.25) is 0 Å². The summed E-state index contributed by atoms with van der Waals surface area (Å²) in [6.45, 7) is 4.48. The van der Waals surface area contributed by atoms with Gasteiger partial charge in [-0.3, -0.25) is 0 Å². The molecular weight excluding hydrogens is 545 g/mol. The highest BCUT2D eigenvalue weighted by Gasteiger charge is 2.23. The average Bonchev–Trinajstić information content (AvgIpc) is 3.57. The van der Waals surface area contributed by atoms with E-state index in [0.29, 0.717) is 0 Å². The standard InChI is InChI=1S/C38H38N4S/c1-3-5-13-29-19-23-33(24-20-29)41(31-15-9-7-10-16-31)35-27-28-36(38-37(35)39-43-40-38)42(32-17-11-8-12-18-32)34-25-21-30(22-26-34)14-6-4-2/h7-12,15-28H,3-6,13-14H2,1-2H3. The van der Waals surface area contributed by atoms with E-state index in [1.807, 2.05) is 0 Å². The first-order chi connectivity index (χ1) is 21.3. The molecule has 0 atom stereocenters. The van der Waals surface area contributed by atoms with Gasteiger partial charge in [-0.15, -0.1) is 0 Å². The summed E-state index contributed by atoms with van der Waals surface area (Å²) in [6.07, 6.45) is 7.00. The van der Waals surface area contributed by atoms with E-state index in [9.17, 15) is 0 Å². The van der Waals surface area contributed by atoms with Crippen molar-refractivity contribution < 1.29 is 0 Å². The predicted molar refractivity (Wildman–Crippen MR) is 184 cm³/mol. The summed E-state index contributed by atoms with van der Waals surface area (Å²) >= 11 is 1.27. The Morgan fingerprint density at radius 1 is 0.465 bits per heavy atom. The fraction of sp³-hybridized carbons (Fsp3) is 0.211. The average molecular weight is 583 g/mol. The predicted octanol–water partition coefficient (Wildman–Crippen LogP) is 11.3. The summed E-state index contributed by atoms with van der Waals surface area (Å²) in [5.74, 6) is 0. The minimum Gasteiger partial charge on any atom is -0.308 e. The number of anilines is 6. The zero-order valence-corrected chi connectivity index (χ0v) is 25.8. The molecule has 4 nitrogen and oxygen atoms in total. The van der Waals surface area contributed by atoms with Crippen LogP contribution in [0.5, 0.6) is 0 Å². The molecule has 6 rings (SSSR count). The van der Waals surface area contributed by atoms with Crippen molar-refractivity contribution >= 4 is 56.9 Å². The smallest absolute Gasteiger partial charge is 0.130 e. The van der Waals surface area contributed by atoms with Crippen LogP contribution in [0.25, 0.3) is 11.0 Å². The molecule has 0 fully saturated rings. The van der Waals surface area contributed by atoms with E-state index >= 15 is 0 Å². The molecule has 43 heavy (non-hydrogen) atoms. The fourth-order valence-electron chi connectivity index (χ4n) is 5.60. The minimum atomic E-state index is 0.891. The van der Waals surface area contributed by atoms with Gasteiger partial charge in [0.15, 0.2) is 0 Å². The van der Waals surface area contributed by atoms with Gasteiger partial charge in [0.25, 0.3) is 0 Å². The van der Waals surface area contributed by atoms with Crippen LogP contribution in [0, 0.1) is 0 Å². The van der Waals surface area contributed by atoms with Gasteiger partial charge in [-0.25, -0.2) is 0 Å². The highest BCUT2D eigenvalue weighted by atomic mass is 32.1. The highest BCUT2D eigenvalue weighted by molar-refractivity contribution is 7.00. The molecule has 0 N–H and O–H groups in total. The van der Waals surface area contributed by atoms with Gasteiger partial charge >= 0.3 is 0 Å². The van der Waals surface area contributed by atoms with Gasteiger partial charge < -0.3 is 9.80 Å². The van der Waals surface area contributed by atoms with Crippen LogP contribution in [-0.4, -0.2) is 8.75 Å². The topological polar surface area (TPSA) is 32.3 Å². The third-order valence-electron chi connectivity index (χ3n) is 7.91. The third kappa shape index (κ3) is 6.32. The van der Waals surface area contributed by atoms with Gasteiger partial charge in [-0.2, -0.15) is 8.75 Å². The summed E-state index contributed by atoms with van der Waals surface area (Å²) in [6, 6.07) is 43.4. The number of aromatic nitrogens is 2. The van der Waals surface area contributed by atoms with Crippen LogP contribution in [0.2, 0.25) is 0 Å². The molecule has 0 unspecified atom stereocenters. The number of aryl methyl sites for hydroxylation is 2. The fourth-order valence-corrected chi connectivity index (χ4v) is 6.16. The van der Waals surface area contributed by atoms with E-state index in [1.54, 1.807) is 0 Å². The summed E-state index contributed by atoms with van der Waals surface area (Å²) in [4.78, 5) is 4.60. The van der Waals surface area contributed by atoms with Crippen LogP contribution in [0.1, 0.15) is 50.7 Å². The van der Waals surface area contributed by atoms with Gasteiger partial charge in [-0.05, 0) is 97.5 Å². The van der Waals surface area contributed by atoms with Crippen molar-refractivity contribution in [2.45, 2.75) is 52.4 Å². The lowest BCUT2D eigenvalue weighted by atomic mass is 10.1. The monoisotopic (exact) mass is 582 g/mol. The molecule has 1 heterocycles. The van der Waals surface area contributed by atoms with Gasteiger partial charge in [0, 0.05) is 22.7 Å². The second-order valence-corrected chi connectivity index (χ2v) is 11.5. The summed E-state index contributed by atoms with van der Waals surface area (Å²) in [5, 5.41) is 0. The minimum absolute atomic E-state index is 0.891. The molecular formula is C38H38N4S. The molecule has 0 spiro atoms. The number of benzene rings is 5. The quantitative estimate of drug-likeness (QED) is 0.144. The lowest BCUT2D eigenvalue weighted by Crippen LogP contribution is -2.13. The van der Waals surface area contributed by atoms with Crippen LogP contribution < -0.4 is 9.80 Å². The number of unbranched alkanes of at least 4 members (excludes halogenated alkanes) is 2. The summed E-state index contributed by atoms with van der Waals surface area (Å²) < 4.78 is 9.78. The first kappa shape index (κ1) is 28.6. The van der Waals surface area contributed by atoms with Crippen molar-refractivity contribution in [3.63, 3.8) is 0 Å². The Balaban J connectivity index is 1.46. The van der Waals surface area contributed by atoms with Crippen molar-refractivity contribution in [3.05, 3.63) is 132 Å². The largest absolute Gasteiger partial charge is 0.308 e. The first-order valence-electron chi connectivity index (χ1n) is 15.4. The molecule has 6 aromatic rings. The Morgan fingerprint density at radius 3 is 1.21 bits per heavy atom. The lowest BCUT2D eigenvalue weighted by Gasteiger charge is -2.29. The Labute approximate surface area is 259 Å². The number of para-hydroxylation sites is 2. The Kier molecular flexibility index (Phi) is 9.10. The molecule has 5 heteroatoms. The molecule has 0 aliphatic rings. The molecule has 0 radical (unpaired) electrons. The molecule has 1 aromatic heterocycles. The SMILES string of the molecule is CCCCc1ccc(N(c2ccccc2)c2ccc(N(c3ccccc3)c3ccc(CCCC)cc3)c3nsnc23)cc1. The van der Waals surface area contributed by atoms with Crippen molar-refractivity contribution in [3.8, 4) is 0 Å². The second kappa shape index (κ2) is 13.7. The molecule has 0 aliphatic carbocycles. The number of nitrogens with zero attached hydrogens (tertiary/aromatic N) is 4. The Hall–Kier alpha value is -4.48. The van der Waals surface area contributed by atoms with Crippen molar-refractivity contribution in [1.29, 1.82) is 0 Å². The first-order valence-corrected chi connectivity index (χ1v) is 16.1. The van der Waals surface area contributed by atoms with Gasteiger partial charge in [0.1, 0.15) is 11.0 Å². The maximum atomic E-state index is 4.89. The number of fused-ring (bicyclic) bond motifs is 1. The third-order valence-corrected chi connectivity index (χ3v) is 8.44. The zero-order chi connectivity index (χ0) is 29.4. The summed E-state index contributed by atoms with van der Waals surface area (Å²) in [7, 11) is 0. The van der Waals surface area contributed by atoms with Crippen LogP contribution >= 0.6 is 11.7 Å². The molecule has 5 aromatic carbocycles. The molecule has 0 saturated heterocycles. The van der Waals surface area contributed by atoms with E-state index in [1.165, 1.54) is 48.5 Å². The molecule has 0 aliphatic heterocycles. The molecule has 216 valence electrons. The second-order valence-electron chi connectivity index (χ2n) is 10.9. The Morgan fingerprint density at radius 2 is 0.837 bits per heavy atom. The summed E-state index contributed by atoms with van der Waals surface area (Å²) in [5.41, 5.74) is 11.0. The van der Waals surface area contributed by atoms with Crippen LogP contribution in [0.4, 0.5) is 34.1 Å². The maximum Gasteiger partial charge on any atom is 0.130 e.